The fourth-order valence-electron chi connectivity index (χ4n) is 1.85. The van der Waals surface area contributed by atoms with Gasteiger partial charge in [0.2, 0.25) is 5.91 Å². The monoisotopic (exact) mass is 300 g/mol. The van der Waals surface area contributed by atoms with Gasteiger partial charge in [0.1, 0.15) is 0 Å². The van der Waals surface area contributed by atoms with Gasteiger partial charge in [-0.2, -0.15) is 5.10 Å². The van der Waals surface area contributed by atoms with Crippen molar-refractivity contribution in [1.82, 2.24) is 5.43 Å². The normalized spacial score (nSPS) is 21.6. The van der Waals surface area contributed by atoms with E-state index in [9.17, 15) is 13.2 Å². The molecule has 0 spiro atoms. The zero-order valence-corrected chi connectivity index (χ0v) is 11.6. The number of rotatable bonds is 3. The van der Waals surface area contributed by atoms with Crippen LogP contribution in [0.4, 0.5) is 0 Å². The Bertz CT molecular complexity index is 613. The predicted molar refractivity (Wildman–Crippen MR) is 73.9 cm³/mol. The Balaban J connectivity index is 1.91. The quantitative estimate of drug-likeness (QED) is 0.674. The van der Waals surface area contributed by atoms with Crippen LogP contribution in [0.1, 0.15) is 12.0 Å². The van der Waals surface area contributed by atoms with Crippen molar-refractivity contribution in [3.63, 3.8) is 0 Å². The van der Waals surface area contributed by atoms with E-state index in [0.29, 0.717) is 11.4 Å². The van der Waals surface area contributed by atoms with Gasteiger partial charge in [-0.3, -0.25) is 4.79 Å². The van der Waals surface area contributed by atoms with Crippen LogP contribution in [0.3, 0.4) is 0 Å². The third-order valence-corrected chi connectivity index (χ3v) is 4.84. The molecule has 1 aliphatic heterocycles. The maximum atomic E-state index is 11.7. The lowest BCUT2D eigenvalue weighted by molar-refractivity contribution is -0.124. The first-order valence-corrected chi connectivity index (χ1v) is 7.95. The molecule has 5 nitrogen and oxygen atoms in total. The molecule has 1 saturated heterocycles. The lowest BCUT2D eigenvalue weighted by Crippen LogP contribution is -2.27. The molecular weight excluding hydrogens is 288 g/mol. The van der Waals surface area contributed by atoms with Crippen molar-refractivity contribution >= 4 is 33.6 Å². The van der Waals surface area contributed by atoms with Crippen molar-refractivity contribution in [2.75, 3.05) is 11.5 Å². The molecule has 1 aromatic carbocycles. The Labute approximate surface area is 116 Å². The summed E-state index contributed by atoms with van der Waals surface area (Å²) in [6.07, 6.45) is 1.83. The third-order valence-electron chi connectivity index (χ3n) is 2.84. The molecule has 1 heterocycles. The number of hydrazone groups is 1. The van der Waals surface area contributed by atoms with E-state index >= 15 is 0 Å². The number of carbonyl (C=O) groups excluding carboxylic acids is 1. The highest BCUT2D eigenvalue weighted by Crippen LogP contribution is 2.18. The summed E-state index contributed by atoms with van der Waals surface area (Å²) in [6.45, 7) is 0. The Kier molecular flexibility index (Phi) is 4.21. The summed E-state index contributed by atoms with van der Waals surface area (Å²) in [5.41, 5.74) is 3.11. The van der Waals surface area contributed by atoms with Gasteiger partial charge in [0.25, 0.3) is 0 Å². The topological polar surface area (TPSA) is 75.6 Å². The number of amides is 1. The first-order chi connectivity index (χ1) is 8.96. The SMILES string of the molecule is O=C(N/N=C\c1cccc(Cl)c1)[C@@H]1CCS(=O)(=O)C1. The highest BCUT2D eigenvalue weighted by Gasteiger charge is 2.32. The molecule has 7 heteroatoms. The van der Waals surface area contributed by atoms with Gasteiger partial charge in [-0.1, -0.05) is 23.7 Å². The maximum Gasteiger partial charge on any atom is 0.244 e. The zero-order valence-electron chi connectivity index (χ0n) is 10.0. The molecule has 0 aliphatic carbocycles. The summed E-state index contributed by atoms with van der Waals surface area (Å²) in [5.74, 6) is -0.880. The average Bonchev–Trinajstić information content (AvgIpc) is 2.70. The average molecular weight is 301 g/mol. The molecule has 1 amide bonds. The maximum absolute atomic E-state index is 11.7. The van der Waals surface area contributed by atoms with Crippen molar-refractivity contribution in [2.24, 2.45) is 11.0 Å². The Morgan fingerprint density at radius 3 is 2.89 bits per heavy atom. The number of nitrogens with zero attached hydrogens (tertiary/aromatic N) is 1. The molecule has 0 unspecified atom stereocenters. The Hall–Kier alpha value is -1.40. The molecule has 1 aliphatic rings. The van der Waals surface area contributed by atoms with Crippen LogP contribution in [-0.2, 0) is 14.6 Å². The minimum atomic E-state index is -3.05. The fraction of sp³-hybridized carbons (Fsp3) is 0.333. The van der Waals surface area contributed by atoms with E-state index in [1.165, 1.54) is 6.21 Å². The standard InChI is InChI=1S/C12H13ClN2O3S/c13-11-3-1-2-9(6-11)7-14-15-12(16)10-4-5-19(17,18)8-10/h1-3,6-7,10H,4-5,8H2,(H,15,16)/b14-7-/t10-/m1/s1. The summed E-state index contributed by atoms with van der Waals surface area (Å²) in [5, 5.41) is 4.38. The van der Waals surface area contributed by atoms with E-state index in [1.807, 2.05) is 0 Å². The van der Waals surface area contributed by atoms with E-state index in [-0.39, 0.29) is 17.4 Å². The summed E-state index contributed by atoms with van der Waals surface area (Å²) in [4.78, 5) is 11.7. The number of benzene rings is 1. The number of sulfone groups is 1. The molecule has 1 fully saturated rings. The van der Waals surface area contributed by atoms with Crippen molar-refractivity contribution in [3.05, 3.63) is 34.9 Å². The number of hydrogen-bond acceptors (Lipinski definition) is 4. The molecule has 2 rings (SSSR count). The van der Waals surface area contributed by atoms with Gasteiger partial charge < -0.3 is 0 Å². The van der Waals surface area contributed by atoms with Crippen molar-refractivity contribution in [2.45, 2.75) is 6.42 Å². The number of hydrogen-bond donors (Lipinski definition) is 1. The van der Waals surface area contributed by atoms with Gasteiger partial charge in [-0.25, -0.2) is 13.8 Å². The zero-order chi connectivity index (χ0) is 13.9. The van der Waals surface area contributed by atoms with Crippen molar-refractivity contribution in [3.8, 4) is 0 Å². The Morgan fingerprint density at radius 2 is 2.26 bits per heavy atom. The van der Waals surface area contributed by atoms with Crippen LogP contribution in [0, 0.1) is 5.92 Å². The molecule has 1 aromatic rings. The van der Waals surface area contributed by atoms with Crippen molar-refractivity contribution in [1.29, 1.82) is 0 Å². The van der Waals surface area contributed by atoms with E-state index in [1.54, 1.807) is 24.3 Å². The van der Waals surface area contributed by atoms with Gasteiger partial charge in [0.15, 0.2) is 9.84 Å². The van der Waals surface area contributed by atoms with Crippen LogP contribution in [0.15, 0.2) is 29.4 Å². The van der Waals surface area contributed by atoms with Gasteiger partial charge in [-0.15, -0.1) is 0 Å². The molecule has 1 atom stereocenters. The predicted octanol–water partition coefficient (Wildman–Crippen LogP) is 1.22. The smallest absolute Gasteiger partial charge is 0.244 e. The lowest BCUT2D eigenvalue weighted by Gasteiger charge is -2.04. The first-order valence-electron chi connectivity index (χ1n) is 5.75. The fourth-order valence-corrected chi connectivity index (χ4v) is 3.79. The highest BCUT2D eigenvalue weighted by atomic mass is 35.5. The van der Waals surface area contributed by atoms with E-state index in [2.05, 4.69) is 10.5 Å². The summed E-state index contributed by atoms with van der Waals surface area (Å²) >= 11 is 5.81. The van der Waals surface area contributed by atoms with Gasteiger partial charge >= 0.3 is 0 Å². The van der Waals surface area contributed by atoms with E-state index in [4.69, 9.17) is 11.6 Å². The third kappa shape index (κ3) is 4.04. The number of nitrogens with one attached hydrogen (secondary N) is 1. The molecular formula is C12H13ClN2O3S. The molecule has 1 N–H and O–H groups in total. The van der Waals surface area contributed by atoms with E-state index in [0.717, 1.165) is 5.56 Å². The van der Waals surface area contributed by atoms with Crippen molar-refractivity contribution < 1.29 is 13.2 Å². The van der Waals surface area contributed by atoms with Crippen LogP contribution in [0.5, 0.6) is 0 Å². The molecule has 19 heavy (non-hydrogen) atoms. The van der Waals surface area contributed by atoms with Gasteiger partial charge in [-0.05, 0) is 24.1 Å². The van der Waals surface area contributed by atoms with Crippen LogP contribution in [-0.4, -0.2) is 32.0 Å². The lowest BCUT2D eigenvalue weighted by atomic mass is 10.1. The summed E-state index contributed by atoms with van der Waals surface area (Å²) < 4.78 is 22.5. The molecule has 0 bridgehead atoms. The van der Waals surface area contributed by atoms with Crippen LogP contribution >= 0.6 is 11.6 Å². The highest BCUT2D eigenvalue weighted by molar-refractivity contribution is 7.91. The largest absolute Gasteiger partial charge is 0.273 e. The minimum absolute atomic E-state index is 0.0725. The second-order valence-corrected chi connectivity index (χ2v) is 7.05. The Morgan fingerprint density at radius 1 is 1.47 bits per heavy atom. The molecule has 0 radical (unpaired) electrons. The second-order valence-electron chi connectivity index (χ2n) is 4.39. The first kappa shape index (κ1) is 14.0. The molecule has 0 saturated carbocycles. The minimum Gasteiger partial charge on any atom is -0.273 e. The molecule has 0 aromatic heterocycles. The van der Waals surface area contributed by atoms with Gasteiger partial charge in [0, 0.05) is 5.02 Å². The summed E-state index contributed by atoms with van der Waals surface area (Å²) in [6, 6.07) is 7.01. The van der Waals surface area contributed by atoms with Gasteiger partial charge in [0.05, 0.1) is 23.6 Å². The molecule has 102 valence electrons. The number of carbonyl (C=O) groups is 1. The van der Waals surface area contributed by atoms with Crippen LogP contribution < -0.4 is 5.43 Å². The van der Waals surface area contributed by atoms with Crippen LogP contribution in [0.2, 0.25) is 5.02 Å². The van der Waals surface area contributed by atoms with E-state index < -0.39 is 15.8 Å². The summed E-state index contributed by atoms with van der Waals surface area (Å²) in [7, 11) is -3.05. The second kappa shape index (κ2) is 5.71. The number of halogens is 1. The van der Waals surface area contributed by atoms with Crippen LogP contribution in [0.25, 0.3) is 0 Å².